The molecule has 2 aromatic heterocycles. The summed E-state index contributed by atoms with van der Waals surface area (Å²) < 4.78 is 22.3. The number of pyridine rings is 1. The molecule has 0 aliphatic rings. The zero-order valence-corrected chi connectivity index (χ0v) is 20.2. The van der Waals surface area contributed by atoms with Crippen LogP contribution in [0, 0.1) is 24.1 Å². The van der Waals surface area contributed by atoms with Crippen LogP contribution in [0.5, 0.6) is 11.6 Å². The molecular weight excluding hydrogens is 495 g/mol. The van der Waals surface area contributed by atoms with Gasteiger partial charge in [0.15, 0.2) is 0 Å². The normalized spacial score (nSPS) is 10.9. The van der Waals surface area contributed by atoms with Gasteiger partial charge in [-0.3, -0.25) is 9.78 Å². The molecule has 182 valence electrons. The number of nitriles is 1. The highest BCUT2D eigenvalue weighted by Crippen LogP contribution is 2.35. The van der Waals surface area contributed by atoms with Gasteiger partial charge < -0.3 is 4.74 Å². The maximum Gasteiger partial charge on any atom is 0.339 e. The maximum atomic E-state index is 14.0. The largest absolute Gasteiger partial charge is 0.439 e. The molecule has 0 unspecified atom stereocenters. The number of aromatic nitrogens is 3. The zero-order chi connectivity index (χ0) is 26.1. The SMILES string of the molecule is Cc1cncc(-n2c(=O)c(-c3ccc(F)c(Cl)c3)c(Oc3cccc4ccccc34)n(CC#N)c2=O)c1. The second kappa shape index (κ2) is 9.72. The van der Waals surface area contributed by atoms with Crippen LogP contribution < -0.4 is 16.0 Å². The molecule has 2 heterocycles. The van der Waals surface area contributed by atoms with Gasteiger partial charge in [0.25, 0.3) is 5.56 Å². The van der Waals surface area contributed by atoms with Crippen molar-refractivity contribution in [2.45, 2.75) is 13.5 Å². The second-order valence-corrected chi connectivity index (χ2v) is 8.68. The van der Waals surface area contributed by atoms with E-state index in [1.807, 2.05) is 36.4 Å². The fraction of sp³-hybridized carbons (Fsp3) is 0.0714. The Labute approximate surface area is 215 Å². The Morgan fingerprint density at radius 3 is 2.59 bits per heavy atom. The summed E-state index contributed by atoms with van der Waals surface area (Å²) in [6.45, 7) is 1.36. The van der Waals surface area contributed by atoms with Gasteiger partial charge in [-0.1, -0.05) is 54.1 Å². The minimum absolute atomic E-state index is 0.0637. The third kappa shape index (κ3) is 4.37. The van der Waals surface area contributed by atoms with Gasteiger partial charge in [0, 0.05) is 11.6 Å². The lowest BCUT2D eigenvalue weighted by Crippen LogP contribution is -2.40. The van der Waals surface area contributed by atoms with Gasteiger partial charge in [-0.15, -0.1) is 0 Å². The fourth-order valence-corrected chi connectivity index (χ4v) is 4.31. The molecular formula is C28H18ClFN4O3. The monoisotopic (exact) mass is 512 g/mol. The van der Waals surface area contributed by atoms with Gasteiger partial charge in [0.1, 0.15) is 23.7 Å². The predicted molar refractivity (Wildman–Crippen MR) is 139 cm³/mol. The smallest absolute Gasteiger partial charge is 0.339 e. The van der Waals surface area contributed by atoms with Gasteiger partial charge in [-0.25, -0.2) is 18.3 Å². The minimum atomic E-state index is -0.786. The first-order valence-electron chi connectivity index (χ1n) is 11.2. The third-order valence-electron chi connectivity index (χ3n) is 5.81. The number of hydrogen-bond acceptors (Lipinski definition) is 5. The Kier molecular flexibility index (Phi) is 6.30. The summed E-state index contributed by atoms with van der Waals surface area (Å²) in [7, 11) is 0. The molecule has 0 N–H and O–H groups in total. The molecule has 5 rings (SSSR count). The highest BCUT2D eigenvalue weighted by atomic mass is 35.5. The molecule has 3 aromatic carbocycles. The predicted octanol–water partition coefficient (Wildman–Crippen LogP) is 5.63. The fourth-order valence-electron chi connectivity index (χ4n) is 4.13. The number of rotatable bonds is 5. The molecule has 0 aliphatic carbocycles. The van der Waals surface area contributed by atoms with Crippen LogP contribution in [0.2, 0.25) is 5.02 Å². The van der Waals surface area contributed by atoms with Gasteiger partial charge >= 0.3 is 5.69 Å². The van der Waals surface area contributed by atoms with Gasteiger partial charge in [0.2, 0.25) is 5.88 Å². The van der Waals surface area contributed by atoms with Crippen LogP contribution >= 0.6 is 11.6 Å². The molecule has 0 spiro atoms. The van der Waals surface area contributed by atoms with Crippen LogP contribution in [0.3, 0.4) is 0 Å². The van der Waals surface area contributed by atoms with E-state index >= 15 is 0 Å². The van der Waals surface area contributed by atoms with Crippen LogP contribution in [0.25, 0.3) is 27.6 Å². The summed E-state index contributed by atoms with van der Waals surface area (Å²) in [5, 5.41) is 11.0. The van der Waals surface area contributed by atoms with Gasteiger partial charge in [-0.05, 0) is 47.7 Å². The third-order valence-corrected chi connectivity index (χ3v) is 6.10. The summed E-state index contributed by atoms with van der Waals surface area (Å²) in [4.78, 5) is 31.7. The number of aryl methyl sites for hydroxylation is 1. The van der Waals surface area contributed by atoms with Crippen molar-refractivity contribution in [2.75, 3.05) is 0 Å². The molecule has 0 saturated heterocycles. The Hall–Kier alpha value is -4.74. The topological polar surface area (TPSA) is 89.9 Å². The molecule has 0 bridgehead atoms. The van der Waals surface area contributed by atoms with Gasteiger partial charge in [-0.2, -0.15) is 5.26 Å². The maximum absolute atomic E-state index is 14.0. The van der Waals surface area contributed by atoms with E-state index in [4.69, 9.17) is 16.3 Å². The summed E-state index contributed by atoms with van der Waals surface area (Å²) in [6.07, 6.45) is 2.96. The molecule has 0 amide bonds. The summed E-state index contributed by atoms with van der Waals surface area (Å²) >= 11 is 6.06. The van der Waals surface area contributed by atoms with E-state index in [9.17, 15) is 19.2 Å². The molecule has 0 aliphatic heterocycles. The molecule has 9 heteroatoms. The lowest BCUT2D eigenvalue weighted by molar-refractivity contribution is 0.426. The number of halogens is 2. The van der Waals surface area contributed by atoms with Crippen molar-refractivity contribution >= 4 is 22.4 Å². The lowest BCUT2D eigenvalue weighted by atomic mass is 10.1. The van der Waals surface area contributed by atoms with Crippen LogP contribution in [-0.4, -0.2) is 14.1 Å². The van der Waals surface area contributed by atoms with Crippen molar-refractivity contribution < 1.29 is 9.13 Å². The van der Waals surface area contributed by atoms with Crippen LogP contribution in [0.1, 0.15) is 5.56 Å². The lowest BCUT2D eigenvalue weighted by Gasteiger charge is -2.19. The number of nitrogens with zero attached hydrogens (tertiary/aromatic N) is 4. The number of ether oxygens (including phenoxy) is 1. The van der Waals surface area contributed by atoms with Crippen LogP contribution in [-0.2, 0) is 6.54 Å². The molecule has 37 heavy (non-hydrogen) atoms. The van der Waals surface area contributed by atoms with E-state index < -0.39 is 23.6 Å². The Balaban J connectivity index is 1.88. The summed E-state index contributed by atoms with van der Waals surface area (Å²) in [5.41, 5.74) is -0.430. The first-order chi connectivity index (χ1) is 17.9. The molecule has 0 saturated carbocycles. The van der Waals surface area contributed by atoms with E-state index in [1.54, 1.807) is 31.3 Å². The van der Waals surface area contributed by atoms with E-state index in [2.05, 4.69) is 4.98 Å². The van der Waals surface area contributed by atoms with Crippen molar-refractivity contribution in [3.8, 4) is 34.5 Å². The molecule has 7 nitrogen and oxygen atoms in total. The Morgan fingerprint density at radius 1 is 1.05 bits per heavy atom. The van der Waals surface area contributed by atoms with E-state index in [-0.39, 0.29) is 27.7 Å². The Bertz CT molecular complexity index is 1830. The zero-order valence-electron chi connectivity index (χ0n) is 19.5. The first-order valence-corrected chi connectivity index (χ1v) is 11.6. The molecule has 0 radical (unpaired) electrons. The minimum Gasteiger partial charge on any atom is -0.439 e. The molecule has 5 aromatic rings. The van der Waals surface area contributed by atoms with Crippen LogP contribution in [0.15, 0.2) is 88.7 Å². The van der Waals surface area contributed by atoms with Crippen molar-refractivity contribution in [3.05, 3.63) is 116 Å². The number of hydrogen-bond donors (Lipinski definition) is 0. The molecule has 0 fully saturated rings. The second-order valence-electron chi connectivity index (χ2n) is 8.28. The molecule has 0 atom stereocenters. The van der Waals surface area contributed by atoms with Crippen molar-refractivity contribution in [2.24, 2.45) is 0 Å². The average molecular weight is 513 g/mol. The highest BCUT2D eigenvalue weighted by molar-refractivity contribution is 6.31. The summed E-state index contributed by atoms with van der Waals surface area (Å²) in [5.74, 6) is -0.462. The van der Waals surface area contributed by atoms with E-state index in [0.717, 1.165) is 31.5 Å². The average Bonchev–Trinajstić information content (AvgIpc) is 2.89. The van der Waals surface area contributed by atoms with Crippen LogP contribution in [0.4, 0.5) is 4.39 Å². The highest BCUT2D eigenvalue weighted by Gasteiger charge is 2.25. The quantitative estimate of drug-likeness (QED) is 0.304. The van der Waals surface area contributed by atoms with E-state index in [1.165, 1.54) is 18.3 Å². The number of fused-ring (bicyclic) bond motifs is 1. The standard InChI is InChI=1S/C28H18ClFN4O3/c1-17-13-20(16-32-15-17)34-26(35)25(19-9-10-23(30)22(29)14-19)27(33(12-11-31)28(34)36)37-24-8-4-6-18-5-2-3-7-21(18)24/h2-10,13-16H,12H2,1H3. The Morgan fingerprint density at radius 2 is 1.84 bits per heavy atom. The van der Waals surface area contributed by atoms with Crippen molar-refractivity contribution in [3.63, 3.8) is 0 Å². The van der Waals surface area contributed by atoms with Crippen molar-refractivity contribution in [1.82, 2.24) is 14.1 Å². The van der Waals surface area contributed by atoms with Gasteiger partial charge in [0.05, 0.1) is 23.0 Å². The van der Waals surface area contributed by atoms with E-state index in [0.29, 0.717) is 5.75 Å². The van der Waals surface area contributed by atoms with Crippen molar-refractivity contribution in [1.29, 1.82) is 5.26 Å². The number of benzene rings is 3. The summed E-state index contributed by atoms with van der Waals surface area (Å²) in [6, 6.07) is 20.2. The first kappa shape index (κ1) is 24.0.